The Morgan fingerprint density at radius 3 is 2.67 bits per heavy atom. The van der Waals surface area contributed by atoms with Crippen LogP contribution in [0.25, 0.3) is 0 Å². The quantitative estimate of drug-likeness (QED) is 0.851. The van der Waals surface area contributed by atoms with Crippen molar-refractivity contribution >= 4 is 11.7 Å². The van der Waals surface area contributed by atoms with Gasteiger partial charge in [-0.3, -0.25) is 4.79 Å². The Morgan fingerprint density at radius 1 is 1.22 bits per heavy atom. The average Bonchev–Trinajstić information content (AvgIpc) is 2.28. The van der Waals surface area contributed by atoms with Crippen molar-refractivity contribution in [3.8, 4) is 5.75 Å². The normalized spacial score (nSPS) is 10.1. The molecule has 1 aromatic carbocycles. The van der Waals surface area contributed by atoms with Crippen molar-refractivity contribution < 1.29 is 9.90 Å². The SMILES string of the molecule is Cc1ccc(C(=O)Nc2cccc(C)n2)c(O)c1. The van der Waals surface area contributed by atoms with E-state index in [0.717, 1.165) is 11.3 Å². The van der Waals surface area contributed by atoms with Crippen LogP contribution in [0.3, 0.4) is 0 Å². The van der Waals surface area contributed by atoms with E-state index in [9.17, 15) is 9.90 Å². The zero-order chi connectivity index (χ0) is 13.1. The van der Waals surface area contributed by atoms with Crippen molar-refractivity contribution in [2.45, 2.75) is 13.8 Å². The Kier molecular flexibility index (Phi) is 3.28. The highest BCUT2D eigenvalue weighted by molar-refractivity contribution is 6.05. The van der Waals surface area contributed by atoms with Gasteiger partial charge in [0.15, 0.2) is 0 Å². The van der Waals surface area contributed by atoms with E-state index in [-0.39, 0.29) is 17.2 Å². The summed E-state index contributed by atoms with van der Waals surface area (Å²) < 4.78 is 0. The number of aromatic nitrogens is 1. The van der Waals surface area contributed by atoms with Gasteiger partial charge in [0.1, 0.15) is 11.6 Å². The van der Waals surface area contributed by atoms with E-state index in [1.165, 1.54) is 0 Å². The molecule has 0 spiro atoms. The topological polar surface area (TPSA) is 62.2 Å². The maximum Gasteiger partial charge on any atom is 0.260 e. The molecule has 0 unspecified atom stereocenters. The van der Waals surface area contributed by atoms with Crippen LogP contribution in [0.4, 0.5) is 5.82 Å². The highest BCUT2D eigenvalue weighted by atomic mass is 16.3. The van der Waals surface area contributed by atoms with Gasteiger partial charge in [-0.2, -0.15) is 0 Å². The van der Waals surface area contributed by atoms with E-state index >= 15 is 0 Å². The number of aromatic hydroxyl groups is 1. The summed E-state index contributed by atoms with van der Waals surface area (Å²) in [7, 11) is 0. The summed E-state index contributed by atoms with van der Waals surface area (Å²) in [5.41, 5.74) is 1.96. The van der Waals surface area contributed by atoms with Crippen LogP contribution in [0.2, 0.25) is 0 Å². The molecule has 2 aromatic rings. The zero-order valence-corrected chi connectivity index (χ0v) is 10.3. The molecule has 0 saturated heterocycles. The van der Waals surface area contributed by atoms with Crippen molar-refractivity contribution in [2.24, 2.45) is 0 Å². The fourth-order valence-electron chi connectivity index (χ4n) is 1.63. The number of rotatable bonds is 2. The summed E-state index contributed by atoms with van der Waals surface area (Å²) >= 11 is 0. The van der Waals surface area contributed by atoms with E-state index in [1.807, 2.05) is 26.0 Å². The van der Waals surface area contributed by atoms with Gasteiger partial charge < -0.3 is 10.4 Å². The second-order valence-electron chi connectivity index (χ2n) is 4.14. The predicted molar refractivity (Wildman–Crippen MR) is 69.8 cm³/mol. The molecule has 0 fully saturated rings. The number of nitrogens with one attached hydrogen (secondary N) is 1. The monoisotopic (exact) mass is 242 g/mol. The second-order valence-corrected chi connectivity index (χ2v) is 4.14. The molecule has 0 atom stereocenters. The smallest absolute Gasteiger partial charge is 0.260 e. The van der Waals surface area contributed by atoms with Crippen LogP contribution in [-0.2, 0) is 0 Å². The van der Waals surface area contributed by atoms with E-state index in [0.29, 0.717) is 5.82 Å². The van der Waals surface area contributed by atoms with Gasteiger partial charge in [-0.15, -0.1) is 0 Å². The Labute approximate surface area is 105 Å². The number of benzene rings is 1. The summed E-state index contributed by atoms with van der Waals surface area (Å²) in [6, 6.07) is 10.3. The summed E-state index contributed by atoms with van der Waals surface area (Å²) in [4.78, 5) is 16.1. The molecule has 92 valence electrons. The molecule has 18 heavy (non-hydrogen) atoms. The minimum absolute atomic E-state index is 0.0276. The average molecular weight is 242 g/mol. The summed E-state index contributed by atoms with van der Waals surface area (Å²) in [6.45, 7) is 3.70. The van der Waals surface area contributed by atoms with Crippen LogP contribution in [-0.4, -0.2) is 16.0 Å². The van der Waals surface area contributed by atoms with Gasteiger partial charge in [0.05, 0.1) is 5.56 Å². The van der Waals surface area contributed by atoms with Gasteiger partial charge in [-0.1, -0.05) is 12.1 Å². The number of anilines is 1. The molecular weight excluding hydrogens is 228 g/mol. The van der Waals surface area contributed by atoms with Crippen molar-refractivity contribution in [3.05, 3.63) is 53.2 Å². The number of phenolic OH excluding ortho intramolecular Hbond substituents is 1. The third-order valence-electron chi connectivity index (χ3n) is 2.53. The highest BCUT2D eigenvalue weighted by Gasteiger charge is 2.11. The maximum atomic E-state index is 11.9. The number of pyridine rings is 1. The largest absolute Gasteiger partial charge is 0.507 e. The molecule has 4 heteroatoms. The van der Waals surface area contributed by atoms with E-state index in [4.69, 9.17) is 0 Å². The summed E-state index contributed by atoms with van der Waals surface area (Å²) in [5, 5.41) is 12.4. The second kappa shape index (κ2) is 4.87. The van der Waals surface area contributed by atoms with E-state index in [1.54, 1.807) is 24.3 Å². The molecule has 0 aliphatic carbocycles. The third-order valence-corrected chi connectivity index (χ3v) is 2.53. The van der Waals surface area contributed by atoms with Gasteiger partial charge in [-0.05, 0) is 43.7 Å². The standard InChI is InChI=1S/C14H14N2O2/c1-9-6-7-11(12(17)8-9)14(18)16-13-5-3-4-10(2)15-13/h3-8,17H,1-2H3,(H,15,16,18). The van der Waals surface area contributed by atoms with Crippen LogP contribution >= 0.6 is 0 Å². The van der Waals surface area contributed by atoms with Gasteiger partial charge in [-0.25, -0.2) is 4.98 Å². The molecule has 1 heterocycles. The number of hydrogen-bond acceptors (Lipinski definition) is 3. The van der Waals surface area contributed by atoms with E-state index < -0.39 is 0 Å². The Bertz CT molecular complexity index is 594. The first-order valence-electron chi connectivity index (χ1n) is 5.61. The van der Waals surface area contributed by atoms with Crippen LogP contribution in [0.15, 0.2) is 36.4 Å². The lowest BCUT2D eigenvalue weighted by molar-refractivity contribution is 0.102. The molecule has 0 saturated carbocycles. The molecule has 0 radical (unpaired) electrons. The molecular formula is C14H14N2O2. The van der Waals surface area contributed by atoms with Crippen molar-refractivity contribution in [3.63, 3.8) is 0 Å². The van der Waals surface area contributed by atoms with Crippen molar-refractivity contribution in [1.82, 2.24) is 4.98 Å². The van der Waals surface area contributed by atoms with Gasteiger partial charge >= 0.3 is 0 Å². The Morgan fingerprint density at radius 2 is 2.00 bits per heavy atom. The number of amides is 1. The van der Waals surface area contributed by atoms with Gasteiger partial charge in [0.2, 0.25) is 0 Å². The first-order chi connectivity index (χ1) is 8.56. The molecule has 0 aliphatic rings. The van der Waals surface area contributed by atoms with Crippen molar-refractivity contribution in [1.29, 1.82) is 0 Å². The van der Waals surface area contributed by atoms with Gasteiger partial charge in [0.25, 0.3) is 5.91 Å². The van der Waals surface area contributed by atoms with Crippen LogP contribution in [0, 0.1) is 13.8 Å². The summed E-state index contributed by atoms with van der Waals surface area (Å²) in [6.07, 6.45) is 0. The first kappa shape index (κ1) is 12.1. The molecule has 1 aromatic heterocycles. The minimum atomic E-state index is -0.370. The molecule has 0 bridgehead atoms. The fraction of sp³-hybridized carbons (Fsp3) is 0.143. The number of phenols is 1. The summed E-state index contributed by atoms with van der Waals surface area (Å²) in [5.74, 6) is 0.0747. The Balaban J connectivity index is 2.22. The van der Waals surface area contributed by atoms with Crippen LogP contribution in [0.5, 0.6) is 5.75 Å². The number of hydrogen-bond donors (Lipinski definition) is 2. The number of carbonyl (C=O) groups is 1. The minimum Gasteiger partial charge on any atom is -0.507 e. The van der Waals surface area contributed by atoms with Crippen molar-refractivity contribution in [2.75, 3.05) is 5.32 Å². The molecule has 2 rings (SSSR count). The van der Waals surface area contributed by atoms with Crippen LogP contribution in [0.1, 0.15) is 21.6 Å². The fourth-order valence-corrected chi connectivity index (χ4v) is 1.63. The zero-order valence-electron chi connectivity index (χ0n) is 10.3. The lowest BCUT2D eigenvalue weighted by Crippen LogP contribution is -2.13. The number of nitrogens with zero attached hydrogens (tertiary/aromatic N) is 1. The Hall–Kier alpha value is -2.36. The first-order valence-corrected chi connectivity index (χ1v) is 5.61. The molecule has 0 aliphatic heterocycles. The molecule has 2 N–H and O–H groups in total. The lowest BCUT2D eigenvalue weighted by atomic mass is 10.1. The lowest BCUT2D eigenvalue weighted by Gasteiger charge is -2.07. The van der Waals surface area contributed by atoms with Crippen LogP contribution < -0.4 is 5.32 Å². The number of aryl methyl sites for hydroxylation is 2. The predicted octanol–water partition coefficient (Wildman–Crippen LogP) is 2.66. The third kappa shape index (κ3) is 2.66. The number of carbonyl (C=O) groups excluding carboxylic acids is 1. The van der Waals surface area contributed by atoms with Gasteiger partial charge in [0, 0.05) is 5.69 Å². The maximum absolute atomic E-state index is 11.9. The van der Waals surface area contributed by atoms with E-state index in [2.05, 4.69) is 10.3 Å². The molecule has 1 amide bonds. The molecule has 4 nitrogen and oxygen atoms in total. The highest BCUT2D eigenvalue weighted by Crippen LogP contribution is 2.19.